The first-order valence-corrected chi connectivity index (χ1v) is 8.22. The Hall–Kier alpha value is -2.21. The maximum atomic E-state index is 13.0. The van der Waals surface area contributed by atoms with Crippen LogP contribution in [0.3, 0.4) is 0 Å². The molecule has 0 aliphatic heterocycles. The van der Waals surface area contributed by atoms with E-state index in [9.17, 15) is 14.0 Å². The molecule has 0 fully saturated rings. The number of benzene rings is 2. The molecule has 24 heavy (non-hydrogen) atoms. The predicted molar refractivity (Wildman–Crippen MR) is 94.1 cm³/mol. The molecular weight excluding hydrogens is 375 g/mol. The number of amides is 2. The van der Waals surface area contributed by atoms with Crippen LogP contribution in [0.2, 0.25) is 0 Å². The second-order valence-corrected chi connectivity index (χ2v) is 6.34. The van der Waals surface area contributed by atoms with Crippen LogP contribution in [0.5, 0.6) is 0 Å². The molecule has 0 bridgehead atoms. The fourth-order valence-electron chi connectivity index (χ4n) is 2.19. The molecule has 2 aromatic carbocycles. The zero-order valence-corrected chi connectivity index (χ0v) is 15.0. The molecular formula is C18H18BrFN2O2. The Balaban J connectivity index is 1.93. The molecule has 0 heterocycles. The highest BCUT2D eigenvalue weighted by Crippen LogP contribution is 2.19. The maximum absolute atomic E-state index is 13.0. The largest absolute Gasteiger partial charge is 0.343 e. The third-order valence-corrected chi connectivity index (χ3v) is 4.31. The third kappa shape index (κ3) is 4.64. The summed E-state index contributed by atoms with van der Waals surface area (Å²) in [6.45, 7) is 1.74. The van der Waals surface area contributed by atoms with Gasteiger partial charge >= 0.3 is 0 Å². The van der Waals surface area contributed by atoms with Crippen molar-refractivity contribution in [2.45, 2.75) is 13.0 Å². The van der Waals surface area contributed by atoms with Crippen molar-refractivity contribution in [3.8, 4) is 0 Å². The fourth-order valence-corrected chi connectivity index (χ4v) is 2.59. The van der Waals surface area contributed by atoms with Crippen molar-refractivity contribution in [1.82, 2.24) is 10.2 Å². The molecule has 0 radical (unpaired) electrons. The summed E-state index contributed by atoms with van der Waals surface area (Å²) in [6, 6.07) is 12.7. The Labute approximate surface area is 148 Å². The third-order valence-electron chi connectivity index (χ3n) is 3.81. The maximum Gasteiger partial charge on any atom is 0.251 e. The summed E-state index contributed by atoms with van der Waals surface area (Å²) in [4.78, 5) is 25.8. The average molecular weight is 393 g/mol. The van der Waals surface area contributed by atoms with E-state index in [0.717, 1.165) is 10.0 Å². The number of carbonyl (C=O) groups is 2. The molecule has 0 aliphatic carbocycles. The number of likely N-dealkylation sites (N-methyl/N-ethyl adjacent to an activating group) is 1. The lowest BCUT2D eigenvalue weighted by Crippen LogP contribution is -2.39. The van der Waals surface area contributed by atoms with Crippen molar-refractivity contribution < 1.29 is 14.0 Å². The number of halogens is 2. The summed E-state index contributed by atoms with van der Waals surface area (Å²) in [5.74, 6) is -0.858. The highest BCUT2D eigenvalue weighted by atomic mass is 79.9. The lowest BCUT2D eigenvalue weighted by molar-refractivity contribution is -0.130. The Morgan fingerprint density at radius 1 is 1.21 bits per heavy atom. The summed E-state index contributed by atoms with van der Waals surface area (Å²) in [6.07, 6.45) is 0. The van der Waals surface area contributed by atoms with Gasteiger partial charge in [-0.15, -0.1) is 0 Å². The van der Waals surface area contributed by atoms with Crippen molar-refractivity contribution in [3.63, 3.8) is 0 Å². The highest BCUT2D eigenvalue weighted by molar-refractivity contribution is 9.10. The summed E-state index contributed by atoms with van der Waals surface area (Å²) >= 11 is 3.30. The minimum Gasteiger partial charge on any atom is -0.343 e. The second kappa shape index (κ2) is 8.06. The minimum atomic E-state index is -0.318. The molecule has 0 saturated heterocycles. The van der Waals surface area contributed by atoms with Crippen LogP contribution in [-0.2, 0) is 4.79 Å². The lowest BCUT2D eigenvalue weighted by atomic mass is 10.1. The molecule has 4 nitrogen and oxygen atoms in total. The van der Waals surface area contributed by atoms with Gasteiger partial charge in [0.2, 0.25) is 5.91 Å². The summed E-state index contributed by atoms with van der Waals surface area (Å²) in [7, 11) is 1.65. The molecule has 0 aliphatic rings. The Bertz CT molecular complexity index is 734. The Morgan fingerprint density at radius 2 is 1.88 bits per heavy atom. The molecule has 6 heteroatoms. The molecule has 2 rings (SSSR count). The second-order valence-electron chi connectivity index (χ2n) is 5.43. The molecule has 0 saturated carbocycles. The van der Waals surface area contributed by atoms with E-state index in [2.05, 4.69) is 21.2 Å². The van der Waals surface area contributed by atoms with Gasteiger partial charge in [0, 0.05) is 17.1 Å². The first-order valence-electron chi connectivity index (χ1n) is 7.43. The van der Waals surface area contributed by atoms with Crippen molar-refractivity contribution in [1.29, 1.82) is 0 Å². The Kier molecular flexibility index (Phi) is 6.09. The van der Waals surface area contributed by atoms with E-state index in [-0.39, 0.29) is 30.2 Å². The van der Waals surface area contributed by atoms with Crippen LogP contribution in [0.15, 0.2) is 53.0 Å². The zero-order chi connectivity index (χ0) is 17.7. The lowest BCUT2D eigenvalue weighted by Gasteiger charge is -2.25. The fraction of sp³-hybridized carbons (Fsp3) is 0.222. The van der Waals surface area contributed by atoms with Gasteiger partial charge in [-0.25, -0.2) is 4.39 Å². The number of rotatable bonds is 5. The van der Waals surface area contributed by atoms with Gasteiger partial charge < -0.3 is 10.2 Å². The van der Waals surface area contributed by atoms with E-state index < -0.39 is 0 Å². The van der Waals surface area contributed by atoms with Gasteiger partial charge in [-0.2, -0.15) is 0 Å². The zero-order valence-electron chi connectivity index (χ0n) is 13.4. The van der Waals surface area contributed by atoms with E-state index in [1.807, 2.05) is 13.0 Å². The molecule has 2 amide bonds. The molecule has 0 aromatic heterocycles. The van der Waals surface area contributed by atoms with Gasteiger partial charge in [-0.3, -0.25) is 9.59 Å². The first-order chi connectivity index (χ1) is 11.4. The van der Waals surface area contributed by atoms with Gasteiger partial charge in [0.25, 0.3) is 5.91 Å². The summed E-state index contributed by atoms with van der Waals surface area (Å²) in [5, 5.41) is 2.61. The number of nitrogens with one attached hydrogen (secondary N) is 1. The molecule has 1 unspecified atom stereocenters. The molecule has 1 atom stereocenters. The van der Waals surface area contributed by atoms with Gasteiger partial charge in [-0.05, 0) is 42.8 Å². The standard InChI is InChI=1S/C18H18BrFN2O2/c1-12(13-6-8-16(20)9-7-13)22(2)17(23)11-21-18(24)14-4-3-5-15(19)10-14/h3-10,12H,11H2,1-2H3,(H,21,24). The molecule has 1 N–H and O–H groups in total. The van der Waals surface area contributed by atoms with Crippen molar-refractivity contribution in [2.75, 3.05) is 13.6 Å². The monoisotopic (exact) mass is 392 g/mol. The number of carbonyl (C=O) groups excluding carboxylic acids is 2. The van der Waals surface area contributed by atoms with Crippen LogP contribution >= 0.6 is 15.9 Å². The highest BCUT2D eigenvalue weighted by Gasteiger charge is 2.18. The van der Waals surface area contributed by atoms with Crippen LogP contribution in [-0.4, -0.2) is 30.3 Å². The Morgan fingerprint density at radius 3 is 2.50 bits per heavy atom. The molecule has 2 aromatic rings. The minimum absolute atomic E-state index is 0.104. The number of nitrogens with zero attached hydrogens (tertiary/aromatic N) is 1. The molecule has 0 spiro atoms. The average Bonchev–Trinajstić information content (AvgIpc) is 2.58. The SMILES string of the molecule is CC(c1ccc(F)cc1)N(C)C(=O)CNC(=O)c1cccc(Br)c1. The van der Waals surface area contributed by atoms with Gasteiger partial charge in [0.05, 0.1) is 12.6 Å². The van der Waals surface area contributed by atoms with E-state index in [1.54, 1.807) is 37.4 Å². The summed E-state index contributed by atoms with van der Waals surface area (Å²) in [5.41, 5.74) is 1.30. The van der Waals surface area contributed by atoms with Crippen LogP contribution in [0, 0.1) is 5.82 Å². The van der Waals surface area contributed by atoms with E-state index in [1.165, 1.54) is 17.0 Å². The van der Waals surface area contributed by atoms with Crippen molar-refractivity contribution >= 4 is 27.7 Å². The van der Waals surface area contributed by atoms with Crippen LogP contribution in [0.25, 0.3) is 0 Å². The van der Waals surface area contributed by atoms with Gasteiger partial charge in [0.15, 0.2) is 0 Å². The van der Waals surface area contributed by atoms with Crippen LogP contribution in [0.4, 0.5) is 4.39 Å². The van der Waals surface area contributed by atoms with Crippen LogP contribution in [0.1, 0.15) is 28.9 Å². The topological polar surface area (TPSA) is 49.4 Å². The quantitative estimate of drug-likeness (QED) is 0.845. The number of hydrogen-bond acceptors (Lipinski definition) is 2. The van der Waals surface area contributed by atoms with Crippen molar-refractivity contribution in [3.05, 3.63) is 69.9 Å². The normalized spacial score (nSPS) is 11.7. The smallest absolute Gasteiger partial charge is 0.251 e. The van der Waals surface area contributed by atoms with Gasteiger partial charge in [-0.1, -0.05) is 34.1 Å². The first kappa shape index (κ1) is 18.1. The van der Waals surface area contributed by atoms with Crippen molar-refractivity contribution in [2.24, 2.45) is 0 Å². The van der Waals surface area contributed by atoms with E-state index in [4.69, 9.17) is 0 Å². The van der Waals surface area contributed by atoms with E-state index >= 15 is 0 Å². The van der Waals surface area contributed by atoms with E-state index in [0.29, 0.717) is 5.56 Å². The summed E-state index contributed by atoms with van der Waals surface area (Å²) < 4.78 is 13.8. The predicted octanol–water partition coefficient (Wildman–Crippen LogP) is 3.54. The van der Waals surface area contributed by atoms with Gasteiger partial charge in [0.1, 0.15) is 5.82 Å². The molecule has 126 valence electrons. The number of hydrogen-bond donors (Lipinski definition) is 1. The van der Waals surface area contributed by atoms with Crippen LogP contribution < -0.4 is 5.32 Å².